The van der Waals surface area contributed by atoms with E-state index in [1.165, 1.54) is 10.7 Å². The fourth-order valence-electron chi connectivity index (χ4n) is 3.84. The van der Waals surface area contributed by atoms with Crippen LogP contribution in [0.2, 0.25) is 0 Å². The van der Waals surface area contributed by atoms with Crippen molar-refractivity contribution in [1.29, 1.82) is 0 Å². The summed E-state index contributed by atoms with van der Waals surface area (Å²) in [6.45, 7) is 9.60. The van der Waals surface area contributed by atoms with Gasteiger partial charge >= 0.3 is 0 Å². The van der Waals surface area contributed by atoms with Gasteiger partial charge in [-0.2, -0.15) is 5.10 Å². The summed E-state index contributed by atoms with van der Waals surface area (Å²) in [5, 5.41) is 4.27. The molecule has 25 heavy (non-hydrogen) atoms. The molecular formula is C18H28N4O3. The highest BCUT2D eigenvalue weighted by molar-refractivity contribution is 5.92. The molecule has 2 saturated heterocycles. The maximum absolute atomic E-state index is 12.9. The first-order valence-electron chi connectivity index (χ1n) is 9.33. The Balaban J connectivity index is 1.74. The van der Waals surface area contributed by atoms with E-state index in [-0.39, 0.29) is 11.5 Å². The number of rotatable bonds is 5. The Hall–Kier alpha value is -1.73. The van der Waals surface area contributed by atoms with Crippen LogP contribution in [0.4, 0.5) is 0 Å². The molecule has 1 amide bonds. The number of morpholine rings is 1. The Kier molecular flexibility index (Phi) is 5.86. The Morgan fingerprint density at radius 2 is 2.00 bits per heavy atom. The second-order valence-electron chi connectivity index (χ2n) is 6.87. The molecule has 0 spiro atoms. The number of carbonyl (C=O) groups is 1. The molecule has 2 fully saturated rings. The summed E-state index contributed by atoms with van der Waals surface area (Å²) in [6.07, 6.45) is 1.86. The zero-order valence-corrected chi connectivity index (χ0v) is 15.2. The average Bonchev–Trinajstić information content (AvgIpc) is 3.08. The topological polar surface area (TPSA) is 67.7 Å². The molecule has 2 aliphatic heterocycles. The van der Waals surface area contributed by atoms with E-state index in [0.29, 0.717) is 24.2 Å². The number of aryl methyl sites for hydroxylation is 1. The van der Waals surface area contributed by atoms with Crippen LogP contribution in [0.25, 0.3) is 0 Å². The third kappa shape index (κ3) is 3.93. The smallest absolute Gasteiger partial charge is 0.274 e. The number of hydrogen-bond acceptors (Lipinski definition) is 5. The van der Waals surface area contributed by atoms with Gasteiger partial charge in [0.2, 0.25) is 0 Å². The third-order valence-corrected chi connectivity index (χ3v) is 5.25. The predicted molar refractivity (Wildman–Crippen MR) is 94.7 cm³/mol. The van der Waals surface area contributed by atoms with Gasteiger partial charge in [0.25, 0.3) is 11.5 Å². The van der Waals surface area contributed by atoms with Gasteiger partial charge in [-0.15, -0.1) is 0 Å². The number of carbonyl (C=O) groups excluding carboxylic acids is 1. The van der Waals surface area contributed by atoms with Crippen LogP contribution < -0.4 is 5.56 Å². The zero-order chi connectivity index (χ0) is 17.8. The van der Waals surface area contributed by atoms with Crippen LogP contribution in [0.3, 0.4) is 0 Å². The van der Waals surface area contributed by atoms with Gasteiger partial charge in [0.05, 0.1) is 13.2 Å². The Morgan fingerprint density at radius 1 is 1.24 bits per heavy atom. The molecule has 0 aromatic carbocycles. The van der Waals surface area contributed by atoms with E-state index in [2.05, 4.69) is 16.9 Å². The maximum atomic E-state index is 12.9. The highest BCUT2D eigenvalue weighted by atomic mass is 16.5. The molecular weight excluding hydrogens is 320 g/mol. The van der Waals surface area contributed by atoms with Crippen LogP contribution in [0.5, 0.6) is 0 Å². The highest BCUT2D eigenvalue weighted by Crippen LogP contribution is 2.26. The minimum Gasteiger partial charge on any atom is -0.379 e. The van der Waals surface area contributed by atoms with Gasteiger partial charge in [-0.1, -0.05) is 20.3 Å². The Bertz CT molecular complexity index is 654. The summed E-state index contributed by atoms with van der Waals surface area (Å²) in [4.78, 5) is 29.1. The third-order valence-electron chi connectivity index (χ3n) is 5.25. The number of nitrogens with zero attached hydrogens (tertiary/aromatic N) is 4. The first-order chi connectivity index (χ1) is 12.1. The number of amides is 1. The molecule has 0 bridgehead atoms. The Morgan fingerprint density at radius 3 is 2.68 bits per heavy atom. The predicted octanol–water partition coefficient (Wildman–Crippen LogP) is 0.836. The number of likely N-dealkylation sites (tertiary alicyclic amines) is 1. The normalized spacial score (nSPS) is 24.6. The molecule has 0 radical (unpaired) electrons. The lowest BCUT2D eigenvalue weighted by atomic mass is 9.99. The molecule has 0 N–H and O–H groups in total. The van der Waals surface area contributed by atoms with Crippen molar-refractivity contribution >= 4 is 5.91 Å². The summed E-state index contributed by atoms with van der Waals surface area (Å²) in [5.74, 6) is 0.405. The van der Waals surface area contributed by atoms with E-state index >= 15 is 0 Å². The van der Waals surface area contributed by atoms with E-state index < -0.39 is 0 Å². The summed E-state index contributed by atoms with van der Waals surface area (Å²) >= 11 is 0. The molecule has 2 aliphatic rings. The summed E-state index contributed by atoms with van der Waals surface area (Å²) in [7, 11) is 0. The van der Waals surface area contributed by atoms with Gasteiger partial charge in [-0.05, 0) is 18.4 Å². The largest absolute Gasteiger partial charge is 0.379 e. The highest BCUT2D eigenvalue weighted by Gasteiger charge is 2.38. The standard InChI is InChI=1S/C18H28N4O3/c1-3-7-22-17(23)6-5-15(19-22)18(24)21-12-14(4-2)16(13-21)20-8-10-25-11-9-20/h5-6,14,16H,3-4,7-13H2,1-2H3/t14-,16+/m0/s1. The van der Waals surface area contributed by atoms with Crippen LogP contribution in [0.15, 0.2) is 16.9 Å². The summed E-state index contributed by atoms with van der Waals surface area (Å²) in [5.41, 5.74) is 0.211. The molecule has 2 atom stereocenters. The zero-order valence-electron chi connectivity index (χ0n) is 15.2. The van der Waals surface area contributed by atoms with Crippen LogP contribution in [0, 0.1) is 5.92 Å². The first kappa shape index (κ1) is 18.1. The first-order valence-corrected chi connectivity index (χ1v) is 9.33. The van der Waals surface area contributed by atoms with Crippen LogP contribution in [-0.4, -0.2) is 70.9 Å². The van der Waals surface area contributed by atoms with Crippen molar-refractivity contribution in [2.75, 3.05) is 39.4 Å². The van der Waals surface area contributed by atoms with Gasteiger partial charge in [0.1, 0.15) is 5.69 Å². The van der Waals surface area contributed by atoms with E-state index in [9.17, 15) is 9.59 Å². The van der Waals surface area contributed by atoms with Crippen LogP contribution >= 0.6 is 0 Å². The van der Waals surface area contributed by atoms with E-state index in [1.807, 2.05) is 11.8 Å². The van der Waals surface area contributed by atoms with Gasteiger partial charge in [0, 0.05) is 44.8 Å². The monoisotopic (exact) mass is 348 g/mol. The quantitative estimate of drug-likeness (QED) is 0.789. The number of aromatic nitrogens is 2. The molecule has 3 rings (SSSR count). The lowest BCUT2D eigenvalue weighted by Gasteiger charge is -2.34. The molecule has 0 saturated carbocycles. The fourth-order valence-corrected chi connectivity index (χ4v) is 3.84. The summed E-state index contributed by atoms with van der Waals surface area (Å²) in [6, 6.07) is 3.39. The molecule has 1 aromatic heterocycles. The molecule has 0 aliphatic carbocycles. The Labute approximate surface area is 148 Å². The van der Waals surface area contributed by atoms with Gasteiger partial charge in [-0.25, -0.2) is 4.68 Å². The van der Waals surface area contributed by atoms with Crippen molar-refractivity contribution in [2.24, 2.45) is 5.92 Å². The maximum Gasteiger partial charge on any atom is 0.274 e. The van der Waals surface area contributed by atoms with Crippen molar-refractivity contribution < 1.29 is 9.53 Å². The molecule has 1 aromatic rings. The van der Waals surface area contributed by atoms with E-state index in [4.69, 9.17) is 4.74 Å². The SMILES string of the molecule is CCCn1nc(C(=O)N2C[C@H](CC)[C@H](N3CCOCC3)C2)ccc1=O. The number of hydrogen-bond donors (Lipinski definition) is 0. The molecule has 138 valence electrons. The lowest BCUT2D eigenvalue weighted by Crippen LogP contribution is -2.47. The average molecular weight is 348 g/mol. The van der Waals surface area contributed by atoms with Crippen molar-refractivity contribution in [1.82, 2.24) is 19.6 Å². The second kappa shape index (κ2) is 8.10. The van der Waals surface area contributed by atoms with E-state index in [1.54, 1.807) is 6.07 Å². The molecule has 3 heterocycles. The summed E-state index contributed by atoms with van der Waals surface area (Å²) < 4.78 is 6.84. The number of ether oxygens (including phenoxy) is 1. The van der Waals surface area contributed by atoms with Gasteiger partial charge in [0.15, 0.2) is 0 Å². The van der Waals surface area contributed by atoms with Crippen molar-refractivity contribution in [2.45, 2.75) is 39.3 Å². The van der Waals surface area contributed by atoms with Gasteiger partial charge in [-0.3, -0.25) is 14.5 Å². The van der Waals surface area contributed by atoms with Crippen LogP contribution in [0.1, 0.15) is 37.2 Å². The molecule has 7 nitrogen and oxygen atoms in total. The fraction of sp³-hybridized carbons (Fsp3) is 0.722. The van der Waals surface area contributed by atoms with Crippen molar-refractivity contribution in [3.05, 3.63) is 28.2 Å². The van der Waals surface area contributed by atoms with Crippen LogP contribution in [-0.2, 0) is 11.3 Å². The minimum atomic E-state index is -0.155. The molecule has 0 unspecified atom stereocenters. The minimum absolute atomic E-state index is 0.0703. The lowest BCUT2D eigenvalue weighted by molar-refractivity contribution is 0.0102. The second-order valence-corrected chi connectivity index (χ2v) is 6.87. The van der Waals surface area contributed by atoms with Crippen molar-refractivity contribution in [3.63, 3.8) is 0 Å². The molecule has 7 heteroatoms. The van der Waals surface area contributed by atoms with E-state index in [0.717, 1.165) is 52.2 Å². The van der Waals surface area contributed by atoms with Crippen molar-refractivity contribution in [3.8, 4) is 0 Å². The van der Waals surface area contributed by atoms with Gasteiger partial charge < -0.3 is 9.64 Å².